The zero-order valence-electron chi connectivity index (χ0n) is 10.4. The molecular weight excluding hydrogens is 190 g/mol. The summed E-state index contributed by atoms with van der Waals surface area (Å²) in [6.45, 7) is 10.9. The molecule has 88 valence electrons. The fraction of sp³-hybridized carbons (Fsp3) is 0.917. The van der Waals surface area contributed by atoms with Crippen LogP contribution in [0.1, 0.15) is 40.5 Å². The maximum absolute atomic E-state index is 11.6. The topological polar surface area (TPSA) is 29.5 Å². The summed E-state index contributed by atoms with van der Waals surface area (Å²) in [5.74, 6) is 0.0596. The van der Waals surface area contributed by atoms with E-state index in [0.717, 1.165) is 25.9 Å². The number of nitrogens with zero attached hydrogens (tertiary/aromatic N) is 1. The average molecular weight is 213 g/mol. The van der Waals surface area contributed by atoms with Gasteiger partial charge in [0.15, 0.2) is 0 Å². The number of likely N-dealkylation sites (tertiary alicyclic amines) is 1. The summed E-state index contributed by atoms with van der Waals surface area (Å²) in [5.41, 5.74) is 0.158. The maximum Gasteiger partial charge on any atom is 0.310 e. The molecule has 1 atom stereocenters. The summed E-state index contributed by atoms with van der Waals surface area (Å²) < 4.78 is 5.08. The fourth-order valence-corrected chi connectivity index (χ4v) is 2.04. The Labute approximate surface area is 92.8 Å². The van der Waals surface area contributed by atoms with E-state index in [1.165, 1.54) is 0 Å². The van der Waals surface area contributed by atoms with Crippen LogP contribution in [0.5, 0.6) is 0 Å². The maximum atomic E-state index is 11.6. The highest BCUT2D eigenvalue weighted by atomic mass is 16.5. The van der Waals surface area contributed by atoms with Crippen LogP contribution in [-0.4, -0.2) is 36.1 Å². The van der Waals surface area contributed by atoms with Crippen molar-refractivity contribution in [2.45, 2.75) is 46.1 Å². The Morgan fingerprint density at radius 1 is 1.47 bits per heavy atom. The normalized spacial score (nSPS) is 23.9. The monoisotopic (exact) mass is 213 g/mol. The van der Waals surface area contributed by atoms with Crippen molar-refractivity contribution in [1.82, 2.24) is 4.90 Å². The van der Waals surface area contributed by atoms with Gasteiger partial charge in [0.05, 0.1) is 12.5 Å². The molecule has 1 aliphatic rings. The van der Waals surface area contributed by atoms with Crippen molar-refractivity contribution in [1.29, 1.82) is 0 Å². The zero-order valence-corrected chi connectivity index (χ0v) is 10.4. The number of rotatable bonds is 2. The molecule has 1 unspecified atom stereocenters. The second kappa shape index (κ2) is 4.97. The van der Waals surface area contributed by atoms with E-state index >= 15 is 0 Å². The van der Waals surface area contributed by atoms with Crippen LogP contribution < -0.4 is 0 Å². The Kier molecular flexibility index (Phi) is 4.14. The van der Waals surface area contributed by atoms with Crippen molar-refractivity contribution in [2.75, 3.05) is 19.7 Å². The first-order chi connectivity index (χ1) is 6.95. The van der Waals surface area contributed by atoms with Crippen LogP contribution in [0.4, 0.5) is 0 Å². The number of carbonyl (C=O) groups excluding carboxylic acids is 1. The van der Waals surface area contributed by atoms with Gasteiger partial charge < -0.3 is 4.74 Å². The van der Waals surface area contributed by atoms with E-state index in [2.05, 4.69) is 25.7 Å². The molecule has 1 rings (SSSR count). The number of ether oxygens (including phenoxy) is 1. The summed E-state index contributed by atoms with van der Waals surface area (Å²) >= 11 is 0. The molecule has 15 heavy (non-hydrogen) atoms. The molecule has 1 heterocycles. The lowest BCUT2D eigenvalue weighted by atomic mass is 9.93. The third kappa shape index (κ3) is 3.49. The first kappa shape index (κ1) is 12.5. The van der Waals surface area contributed by atoms with E-state index in [0.29, 0.717) is 6.61 Å². The number of hydrogen-bond acceptors (Lipinski definition) is 3. The van der Waals surface area contributed by atoms with Crippen LogP contribution in [0.2, 0.25) is 0 Å². The third-order valence-corrected chi connectivity index (χ3v) is 2.99. The molecule has 1 saturated heterocycles. The van der Waals surface area contributed by atoms with Gasteiger partial charge in [-0.1, -0.05) is 0 Å². The van der Waals surface area contributed by atoms with E-state index in [-0.39, 0.29) is 17.4 Å². The molecule has 0 aromatic heterocycles. The van der Waals surface area contributed by atoms with Crippen LogP contribution in [0, 0.1) is 5.92 Å². The van der Waals surface area contributed by atoms with E-state index in [1.807, 2.05) is 6.92 Å². The summed E-state index contributed by atoms with van der Waals surface area (Å²) in [4.78, 5) is 14.0. The Morgan fingerprint density at radius 3 is 2.67 bits per heavy atom. The molecule has 0 aliphatic carbocycles. The largest absolute Gasteiger partial charge is 0.466 e. The summed E-state index contributed by atoms with van der Waals surface area (Å²) in [6.07, 6.45) is 2.08. The van der Waals surface area contributed by atoms with Gasteiger partial charge in [0.1, 0.15) is 0 Å². The second-order valence-corrected chi connectivity index (χ2v) is 5.21. The van der Waals surface area contributed by atoms with Crippen LogP contribution in [0.15, 0.2) is 0 Å². The number of hydrogen-bond donors (Lipinski definition) is 0. The molecule has 0 saturated carbocycles. The molecule has 0 amide bonds. The molecule has 1 fully saturated rings. The van der Waals surface area contributed by atoms with Crippen molar-refractivity contribution in [3.63, 3.8) is 0 Å². The molecule has 0 spiro atoms. The number of piperidine rings is 1. The predicted molar refractivity (Wildman–Crippen MR) is 60.7 cm³/mol. The SMILES string of the molecule is CCOC(=O)C1CCCN(C(C)(C)C)C1. The van der Waals surface area contributed by atoms with Gasteiger partial charge in [0.2, 0.25) is 0 Å². The smallest absolute Gasteiger partial charge is 0.310 e. The highest BCUT2D eigenvalue weighted by molar-refractivity contribution is 5.72. The Bertz CT molecular complexity index is 220. The molecule has 0 N–H and O–H groups in total. The molecular formula is C12H23NO2. The molecule has 0 bridgehead atoms. The van der Waals surface area contributed by atoms with Crippen LogP contribution in [0.25, 0.3) is 0 Å². The Morgan fingerprint density at radius 2 is 2.13 bits per heavy atom. The predicted octanol–water partition coefficient (Wildman–Crippen LogP) is 2.06. The van der Waals surface area contributed by atoms with Gasteiger partial charge in [0, 0.05) is 12.1 Å². The molecule has 3 heteroatoms. The standard InChI is InChI=1S/C12H23NO2/c1-5-15-11(14)10-7-6-8-13(9-10)12(2,3)4/h10H,5-9H2,1-4H3. The lowest BCUT2D eigenvalue weighted by Gasteiger charge is -2.40. The molecule has 0 aromatic rings. The highest BCUT2D eigenvalue weighted by Gasteiger charge is 2.31. The first-order valence-electron chi connectivity index (χ1n) is 5.87. The lowest BCUT2D eigenvalue weighted by Crippen LogP contribution is -2.49. The van der Waals surface area contributed by atoms with Crippen LogP contribution in [-0.2, 0) is 9.53 Å². The lowest BCUT2D eigenvalue weighted by molar-refractivity contribution is -0.150. The van der Waals surface area contributed by atoms with E-state index < -0.39 is 0 Å². The van der Waals surface area contributed by atoms with Gasteiger partial charge >= 0.3 is 5.97 Å². The van der Waals surface area contributed by atoms with E-state index in [9.17, 15) is 4.79 Å². The van der Waals surface area contributed by atoms with Crippen molar-refractivity contribution < 1.29 is 9.53 Å². The summed E-state index contributed by atoms with van der Waals surface area (Å²) in [7, 11) is 0. The van der Waals surface area contributed by atoms with Crippen molar-refractivity contribution >= 4 is 5.97 Å². The molecule has 3 nitrogen and oxygen atoms in total. The second-order valence-electron chi connectivity index (χ2n) is 5.21. The van der Waals surface area contributed by atoms with Crippen molar-refractivity contribution in [2.24, 2.45) is 5.92 Å². The van der Waals surface area contributed by atoms with Gasteiger partial charge in [0.25, 0.3) is 0 Å². The minimum atomic E-state index is -0.0218. The molecule has 1 aliphatic heterocycles. The number of esters is 1. The minimum Gasteiger partial charge on any atom is -0.466 e. The molecule has 0 aromatic carbocycles. The van der Waals surface area contributed by atoms with Gasteiger partial charge in [-0.25, -0.2) is 0 Å². The quantitative estimate of drug-likeness (QED) is 0.658. The molecule has 0 radical (unpaired) electrons. The average Bonchev–Trinajstić information content (AvgIpc) is 2.17. The van der Waals surface area contributed by atoms with Gasteiger partial charge in [-0.15, -0.1) is 0 Å². The fourth-order valence-electron chi connectivity index (χ4n) is 2.04. The third-order valence-electron chi connectivity index (χ3n) is 2.99. The van der Waals surface area contributed by atoms with Crippen molar-refractivity contribution in [3.05, 3.63) is 0 Å². The van der Waals surface area contributed by atoms with E-state index in [1.54, 1.807) is 0 Å². The first-order valence-corrected chi connectivity index (χ1v) is 5.87. The van der Waals surface area contributed by atoms with Crippen molar-refractivity contribution in [3.8, 4) is 0 Å². The highest BCUT2D eigenvalue weighted by Crippen LogP contribution is 2.24. The van der Waals surface area contributed by atoms with Gasteiger partial charge in [-0.3, -0.25) is 9.69 Å². The van der Waals surface area contributed by atoms with Gasteiger partial charge in [-0.2, -0.15) is 0 Å². The minimum absolute atomic E-state index is 0.0218. The van der Waals surface area contributed by atoms with Crippen LogP contribution in [0.3, 0.4) is 0 Å². The zero-order chi connectivity index (χ0) is 11.5. The Balaban J connectivity index is 2.52. The number of carbonyl (C=O) groups is 1. The van der Waals surface area contributed by atoms with Gasteiger partial charge in [-0.05, 0) is 47.1 Å². The summed E-state index contributed by atoms with van der Waals surface area (Å²) in [5, 5.41) is 0. The summed E-state index contributed by atoms with van der Waals surface area (Å²) in [6, 6.07) is 0. The van der Waals surface area contributed by atoms with E-state index in [4.69, 9.17) is 4.74 Å². The Hall–Kier alpha value is -0.570. The van der Waals surface area contributed by atoms with Crippen LogP contribution >= 0.6 is 0 Å².